The van der Waals surface area contributed by atoms with Crippen LogP contribution in [0.3, 0.4) is 0 Å². The molecule has 0 unspecified atom stereocenters. The number of hydrogen-bond acceptors (Lipinski definition) is 5. The third-order valence-electron chi connectivity index (χ3n) is 4.97. The first kappa shape index (κ1) is 22.5. The van der Waals surface area contributed by atoms with Gasteiger partial charge in [-0.15, -0.1) is 0 Å². The van der Waals surface area contributed by atoms with Crippen molar-refractivity contribution in [2.24, 2.45) is 0 Å². The highest BCUT2D eigenvalue weighted by Crippen LogP contribution is 2.28. The standard InChI is InChI=1S/C20H24BrN3O5S/c1-28-16-5-8-18(19(13-16)29-2)22-20(25)14-23-9-11-24(12-10-23)30(26,27)17-6-3-15(21)4-7-17/h3-8,13H,9-12,14H2,1-2H3,(H,22,25)/p+1. The summed E-state index contributed by atoms with van der Waals surface area (Å²) >= 11 is 3.32. The van der Waals surface area contributed by atoms with Crippen molar-refractivity contribution in [1.29, 1.82) is 0 Å². The molecule has 1 saturated heterocycles. The molecular weight excluding hydrogens is 474 g/mol. The number of amides is 1. The molecule has 162 valence electrons. The maximum atomic E-state index is 12.8. The Bertz CT molecular complexity index is 990. The number of quaternary nitrogens is 1. The Morgan fingerprint density at radius 2 is 1.77 bits per heavy atom. The van der Waals surface area contributed by atoms with Crippen molar-refractivity contribution in [2.75, 3.05) is 52.3 Å². The van der Waals surface area contributed by atoms with E-state index in [1.807, 2.05) is 0 Å². The average Bonchev–Trinajstić information content (AvgIpc) is 2.74. The van der Waals surface area contributed by atoms with Crippen molar-refractivity contribution in [3.8, 4) is 11.5 Å². The van der Waals surface area contributed by atoms with Crippen LogP contribution < -0.4 is 19.7 Å². The SMILES string of the molecule is COc1ccc(NC(=O)C[NH+]2CCN(S(=O)(=O)c3ccc(Br)cc3)CC2)c(OC)c1. The first-order valence-corrected chi connectivity index (χ1v) is 11.7. The van der Waals surface area contributed by atoms with Crippen LogP contribution in [0.1, 0.15) is 0 Å². The van der Waals surface area contributed by atoms with Gasteiger partial charge in [0.1, 0.15) is 11.5 Å². The van der Waals surface area contributed by atoms with E-state index in [9.17, 15) is 13.2 Å². The fraction of sp³-hybridized carbons (Fsp3) is 0.350. The van der Waals surface area contributed by atoms with E-state index in [-0.39, 0.29) is 17.3 Å². The second-order valence-electron chi connectivity index (χ2n) is 6.90. The van der Waals surface area contributed by atoms with Crippen LogP contribution in [-0.2, 0) is 14.8 Å². The van der Waals surface area contributed by atoms with Crippen molar-refractivity contribution in [2.45, 2.75) is 4.90 Å². The second-order valence-corrected chi connectivity index (χ2v) is 9.75. The first-order valence-electron chi connectivity index (χ1n) is 9.44. The zero-order valence-electron chi connectivity index (χ0n) is 16.9. The predicted molar refractivity (Wildman–Crippen MR) is 117 cm³/mol. The summed E-state index contributed by atoms with van der Waals surface area (Å²) in [7, 11) is -0.434. The number of anilines is 1. The van der Waals surface area contributed by atoms with E-state index < -0.39 is 10.0 Å². The molecule has 0 saturated carbocycles. The Hall–Kier alpha value is -2.14. The lowest BCUT2D eigenvalue weighted by molar-refractivity contribution is -0.895. The zero-order valence-corrected chi connectivity index (χ0v) is 19.3. The summed E-state index contributed by atoms with van der Waals surface area (Å²) in [6.45, 7) is 2.10. The van der Waals surface area contributed by atoms with Crippen LogP contribution in [-0.4, -0.2) is 65.6 Å². The topological polar surface area (TPSA) is 89.4 Å². The molecule has 3 rings (SSSR count). The minimum Gasteiger partial charge on any atom is -0.497 e. The molecule has 8 nitrogen and oxygen atoms in total. The molecule has 1 amide bonds. The fourth-order valence-corrected chi connectivity index (χ4v) is 5.00. The molecule has 2 N–H and O–H groups in total. The molecule has 0 aliphatic carbocycles. The van der Waals surface area contributed by atoms with E-state index in [1.54, 1.807) is 49.6 Å². The number of carbonyl (C=O) groups excluding carboxylic acids is 1. The molecule has 1 fully saturated rings. The van der Waals surface area contributed by atoms with Crippen LogP contribution in [0.15, 0.2) is 51.8 Å². The maximum absolute atomic E-state index is 12.8. The lowest BCUT2D eigenvalue weighted by Gasteiger charge is -2.31. The highest BCUT2D eigenvalue weighted by molar-refractivity contribution is 9.10. The number of methoxy groups -OCH3 is 2. The summed E-state index contributed by atoms with van der Waals surface area (Å²) in [6, 6.07) is 11.8. The monoisotopic (exact) mass is 498 g/mol. The Morgan fingerprint density at radius 3 is 2.37 bits per heavy atom. The third kappa shape index (κ3) is 5.31. The smallest absolute Gasteiger partial charge is 0.279 e. The van der Waals surface area contributed by atoms with Crippen molar-refractivity contribution in [1.82, 2.24) is 4.31 Å². The van der Waals surface area contributed by atoms with Crippen molar-refractivity contribution in [3.63, 3.8) is 0 Å². The average molecular weight is 499 g/mol. The van der Waals surface area contributed by atoms with Gasteiger partial charge in [0, 0.05) is 10.5 Å². The van der Waals surface area contributed by atoms with Gasteiger partial charge in [0.2, 0.25) is 10.0 Å². The van der Waals surface area contributed by atoms with E-state index >= 15 is 0 Å². The van der Waals surface area contributed by atoms with E-state index in [0.29, 0.717) is 43.4 Å². The third-order valence-corrected chi connectivity index (χ3v) is 7.42. The number of piperazine rings is 1. The van der Waals surface area contributed by atoms with Gasteiger partial charge in [-0.05, 0) is 36.4 Å². The lowest BCUT2D eigenvalue weighted by atomic mass is 10.2. The van der Waals surface area contributed by atoms with Gasteiger partial charge < -0.3 is 19.7 Å². The van der Waals surface area contributed by atoms with Crippen LogP contribution in [0.4, 0.5) is 5.69 Å². The number of carbonyl (C=O) groups is 1. The fourth-order valence-electron chi connectivity index (χ4n) is 3.30. The Morgan fingerprint density at radius 1 is 1.10 bits per heavy atom. The minimum absolute atomic E-state index is 0.155. The molecule has 0 spiro atoms. The quantitative estimate of drug-likeness (QED) is 0.594. The second kappa shape index (κ2) is 9.78. The summed E-state index contributed by atoms with van der Waals surface area (Å²) in [5.41, 5.74) is 0.569. The zero-order chi connectivity index (χ0) is 21.7. The van der Waals surface area contributed by atoms with Crippen LogP contribution in [0, 0.1) is 0 Å². The number of sulfonamides is 1. The number of ether oxygens (including phenoxy) is 2. The van der Waals surface area contributed by atoms with Gasteiger partial charge in [-0.25, -0.2) is 8.42 Å². The molecule has 2 aromatic carbocycles. The highest BCUT2D eigenvalue weighted by Gasteiger charge is 2.31. The normalized spacial score (nSPS) is 15.6. The molecule has 2 aromatic rings. The van der Waals surface area contributed by atoms with E-state index in [1.165, 1.54) is 11.4 Å². The van der Waals surface area contributed by atoms with Gasteiger partial charge in [0.15, 0.2) is 6.54 Å². The lowest BCUT2D eigenvalue weighted by Crippen LogP contribution is -3.15. The molecular formula is C20H25BrN3O5S+. The molecule has 1 heterocycles. The molecule has 30 heavy (non-hydrogen) atoms. The molecule has 0 atom stereocenters. The number of halogens is 1. The number of rotatable bonds is 7. The van der Waals surface area contributed by atoms with Crippen molar-refractivity contribution >= 4 is 37.5 Å². The Balaban J connectivity index is 1.55. The van der Waals surface area contributed by atoms with Crippen LogP contribution in [0.2, 0.25) is 0 Å². The van der Waals surface area contributed by atoms with Crippen LogP contribution in [0.25, 0.3) is 0 Å². The maximum Gasteiger partial charge on any atom is 0.279 e. The van der Waals surface area contributed by atoms with E-state index in [4.69, 9.17) is 9.47 Å². The van der Waals surface area contributed by atoms with Crippen molar-refractivity contribution in [3.05, 3.63) is 46.9 Å². The minimum atomic E-state index is -3.52. The molecule has 10 heteroatoms. The van der Waals surface area contributed by atoms with Crippen LogP contribution >= 0.6 is 15.9 Å². The Labute approximate surface area is 184 Å². The van der Waals surface area contributed by atoms with Gasteiger partial charge in [-0.1, -0.05) is 15.9 Å². The highest BCUT2D eigenvalue weighted by atomic mass is 79.9. The first-order chi connectivity index (χ1) is 14.3. The molecule has 1 aliphatic rings. The van der Waals surface area contributed by atoms with Gasteiger partial charge in [0.05, 0.1) is 51.0 Å². The van der Waals surface area contributed by atoms with Crippen LogP contribution in [0.5, 0.6) is 11.5 Å². The summed E-state index contributed by atoms with van der Waals surface area (Å²) < 4.78 is 38.3. The summed E-state index contributed by atoms with van der Waals surface area (Å²) in [6.07, 6.45) is 0. The number of hydrogen-bond donors (Lipinski definition) is 2. The van der Waals surface area contributed by atoms with E-state index in [0.717, 1.165) is 9.37 Å². The van der Waals surface area contributed by atoms with Gasteiger partial charge in [-0.2, -0.15) is 4.31 Å². The summed E-state index contributed by atoms with van der Waals surface area (Å²) in [4.78, 5) is 13.8. The molecule has 1 aliphatic heterocycles. The Kier molecular flexibility index (Phi) is 7.35. The molecule has 0 radical (unpaired) electrons. The van der Waals surface area contributed by atoms with Crippen molar-refractivity contribution < 1.29 is 27.6 Å². The number of nitrogens with one attached hydrogen (secondary N) is 2. The summed E-state index contributed by atoms with van der Waals surface area (Å²) in [5, 5.41) is 2.86. The van der Waals surface area contributed by atoms with E-state index in [2.05, 4.69) is 21.2 Å². The predicted octanol–water partition coefficient (Wildman–Crippen LogP) is 0.994. The summed E-state index contributed by atoms with van der Waals surface area (Å²) in [5.74, 6) is 0.999. The number of nitrogens with zero attached hydrogens (tertiary/aromatic N) is 1. The van der Waals surface area contributed by atoms with Gasteiger partial charge in [0.25, 0.3) is 5.91 Å². The number of benzene rings is 2. The largest absolute Gasteiger partial charge is 0.497 e. The molecule has 0 aromatic heterocycles. The van der Waals surface area contributed by atoms with Gasteiger partial charge >= 0.3 is 0 Å². The molecule has 0 bridgehead atoms. The van der Waals surface area contributed by atoms with Gasteiger partial charge in [-0.3, -0.25) is 4.79 Å².